The summed E-state index contributed by atoms with van der Waals surface area (Å²) in [6, 6.07) is 9.71. The van der Waals surface area contributed by atoms with E-state index in [1.807, 2.05) is 27.7 Å². The number of ketones is 1. The molecule has 1 heterocycles. The Kier molecular flexibility index (Phi) is 7.31. The van der Waals surface area contributed by atoms with E-state index in [4.69, 9.17) is 14.2 Å². The number of rotatable bonds is 8. The first-order valence-corrected chi connectivity index (χ1v) is 11.0. The number of ether oxygens (including phenoxy) is 3. The van der Waals surface area contributed by atoms with Gasteiger partial charge in [0.25, 0.3) is 11.7 Å². The number of carbonyl (C=O) groups excluding carboxylic acids is 2. The second kappa shape index (κ2) is 9.98. The predicted molar refractivity (Wildman–Crippen MR) is 126 cm³/mol. The van der Waals surface area contributed by atoms with Crippen LogP contribution in [0.5, 0.6) is 17.2 Å². The van der Waals surface area contributed by atoms with E-state index in [1.54, 1.807) is 36.4 Å². The third-order valence-corrected chi connectivity index (χ3v) is 5.54. The van der Waals surface area contributed by atoms with Crippen molar-refractivity contribution in [2.75, 3.05) is 20.8 Å². The molecule has 0 aromatic heterocycles. The Labute approximate surface area is 194 Å². The van der Waals surface area contributed by atoms with Crippen LogP contribution >= 0.6 is 0 Å². The third-order valence-electron chi connectivity index (χ3n) is 5.54. The molecule has 1 amide bonds. The summed E-state index contributed by atoms with van der Waals surface area (Å²) >= 11 is 0. The fourth-order valence-electron chi connectivity index (χ4n) is 4.06. The van der Waals surface area contributed by atoms with Gasteiger partial charge in [-0.3, -0.25) is 9.59 Å². The highest BCUT2D eigenvalue weighted by Crippen LogP contribution is 2.42. The van der Waals surface area contributed by atoms with Crippen LogP contribution in [-0.2, 0) is 9.59 Å². The second-order valence-electron chi connectivity index (χ2n) is 8.25. The standard InChI is InChI=1S/C26H31NO6/c1-7-12-27-23(17-8-11-20(31-5)21(14-17)32-6)22(25(29)26(27)30)24(28)18-9-10-19(16(4)13-18)33-15(2)3/h8-11,13-15,23,28H,7,12H2,1-6H3/b24-22-. The molecule has 0 spiro atoms. The average molecular weight is 454 g/mol. The van der Waals surface area contributed by atoms with Crippen molar-refractivity contribution in [1.82, 2.24) is 4.90 Å². The fraction of sp³-hybridized carbons (Fsp3) is 0.385. The highest BCUT2D eigenvalue weighted by atomic mass is 16.5. The molecular formula is C26H31NO6. The van der Waals surface area contributed by atoms with Crippen molar-refractivity contribution >= 4 is 17.4 Å². The molecular weight excluding hydrogens is 422 g/mol. The van der Waals surface area contributed by atoms with E-state index >= 15 is 0 Å². The van der Waals surface area contributed by atoms with E-state index in [-0.39, 0.29) is 17.4 Å². The Morgan fingerprint density at radius 1 is 1.03 bits per heavy atom. The number of likely N-dealkylation sites (tertiary alicyclic amines) is 1. The van der Waals surface area contributed by atoms with Crippen LogP contribution in [0.25, 0.3) is 5.76 Å². The van der Waals surface area contributed by atoms with Crippen molar-refractivity contribution in [1.29, 1.82) is 0 Å². The lowest BCUT2D eigenvalue weighted by Gasteiger charge is -2.25. The van der Waals surface area contributed by atoms with Gasteiger partial charge in [0.1, 0.15) is 11.5 Å². The quantitative estimate of drug-likeness (QED) is 0.356. The molecule has 1 aliphatic heterocycles. The van der Waals surface area contributed by atoms with Gasteiger partial charge in [0.05, 0.1) is 31.9 Å². The zero-order valence-corrected chi connectivity index (χ0v) is 20.0. The number of benzene rings is 2. The van der Waals surface area contributed by atoms with Crippen molar-refractivity contribution in [3.8, 4) is 17.2 Å². The van der Waals surface area contributed by atoms with Gasteiger partial charge in [-0.15, -0.1) is 0 Å². The molecule has 1 saturated heterocycles. The van der Waals surface area contributed by atoms with Gasteiger partial charge in [-0.2, -0.15) is 0 Å². The average Bonchev–Trinajstić information content (AvgIpc) is 3.04. The Hall–Kier alpha value is -3.48. The normalized spacial score (nSPS) is 17.5. The SMILES string of the molecule is CCCN1C(=O)C(=O)/C(=C(\O)c2ccc(OC(C)C)c(C)c2)C1c1ccc(OC)c(OC)c1. The van der Waals surface area contributed by atoms with Crippen LogP contribution in [0.3, 0.4) is 0 Å². The van der Waals surface area contributed by atoms with E-state index in [2.05, 4.69) is 0 Å². The Morgan fingerprint density at radius 3 is 2.27 bits per heavy atom. The first-order valence-electron chi connectivity index (χ1n) is 11.0. The van der Waals surface area contributed by atoms with Gasteiger partial charge in [0.2, 0.25) is 0 Å². The van der Waals surface area contributed by atoms with Gasteiger partial charge in [0, 0.05) is 12.1 Å². The molecule has 7 nitrogen and oxygen atoms in total. The number of amides is 1. The van der Waals surface area contributed by atoms with Gasteiger partial charge < -0.3 is 24.2 Å². The van der Waals surface area contributed by atoms with Crippen molar-refractivity contribution in [2.24, 2.45) is 0 Å². The first-order chi connectivity index (χ1) is 15.7. The summed E-state index contributed by atoms with van der Waals surface area (Å²) in [5.74, 6) is 0.152. The topological polar surface area (TPSA) is 85.3 Å². The molecule has 0 aliphatic carbocycles. The lowest BCUT2D eigenvalue weighted by Crippen LogP contribution is -2.30. The number of carbonyl (C=O) groups is 2. The van der Waals surface area contributed by atoms with E-state index in [0.29, 0.717) is 41.3 Å². The first kappa shape index (κ1) is 24.2. The fourth-order valence-corrected chi connectivity index (χ4v) is 4.06. The number of methoxy groups -OCH3 is 2. The van der Waals surface area contributed by atoms with E-state index in [0.717, 1.165) is 5.56 Å². The lowest BCUT2D eigenvalue weighted by atomic mass is 9.94. The number of hydrogen-bond acceptors (Lipinski definition) is 6. The van der Waals surface area contributed by atoms with Crippen molar-refractivity contribution in [3.63, 3.8) is 0 Å². The van der Waals surface area contributed by atoms with Crippen LogP contribution < -0.4 is 14.2 Å². The monoisotopic (exact) mass is 453 g/mol. The minimum absolute atomic E-state index is 0.00701. The van der Waals surface area contributed by atoms with Crippen LogP contribution in [0.2, 0.25) is 0 Å². The Bertz CT molecular complexity index is 1090. The molecule has 1 aliphatic rings. The summed E-state index contributed by atoms with van der Waals surface area (Å²) in [6.45, 7) is 8.05. The van der Waals surface area contributed by atoms with Gasteiger partial charge in [-0.1, -0.05) is 13.0 Å². The molecule has 1 fully saturated rings. The molecule has 1 atom stereocenters. The number of aliphatic hydroxyl groups is 1. The maximum Gasteiger partial charge on any atom is 0.295 e. The van der Waals surface area contributed by atoms with E-state index < -0.39 is 17.7 Å². The lowest BCUT2D eigenvalue weighted by molar-refractivity contribution is -0.139. The van der Waals surface area contributed by atoms with Crippen LogP contribution in [-0.4, -0.2) is 48.6 Å². The second-order valence-corrected chi connectivity index (χ2v) is 8.25. The van der Waals surface area contributed by atoms with E-state index in [9.17, 15) is 14.7 Å². The highest BCUT2D eigenvalue weighted by molar-refractivity contribution is 6.46. The minimum Gasteiger partial charge on any atom is -0.507 e. The number of aryl methyl sites for hydroxylation is 1. The summed E-state index contributed by atoms with van der Waals surface area (Å²) in [5, 5.41) is 11.2. The van der Waals surface area contributed by atoms with Gasteiger partial charge in [-0.05, 0) is 68.7 Å². The molecule has 176 valence electrons. The number of nitrogens with zero attached hydrogens (tertiary/aromatic N) is 1. The van der Waals surface area contributed by atoms with Crippen molar-refractivity contribution < 1.29 is 28.9 Å². The van der Waals surface area contributed by atoms with E-state index in [1.165, 1.54) is 19.1 Å². The largest absolute Gasteiger partial charge is 0.507 e. The van der Waals surface area contributed by atoms with Crippen LogP contribution in [0.4, 0.5) is 0 Å². The third kappa shape index (κ3) is 4.67. The smallest absolute Gasteiger partial charge is 0.295 e. The Morgan fingerprint density at radius 2 is 1.70 bits per heavy atom. The molecule has 0 bridgehead atoms. The zero-order chi connectivity index (χ0) is 24.3. The Balaban J connectivity index is 2.16. The van der Waals surface area contributed by atoms with Crippen LogP contribution in [0.1, 0.15) is 49.9 Å². The summed E-state index contributed by atoms with van der Waals surface area (Å²) < 4.78 is 16.5. The number of Topliss-reactive ketones (excluding diaryl/α,β-unsaturated/α-hetero) is 1. The number of aliphatic hydroxyl groups excluding tert-OH is 1. The summed E-state index contributed by atoms with van der Waals surface area (Å²) in [6.07, 6.45) is 0.671. The van der Waals surface area contributed by atoms with Crippen LogP contribution in [0.15, 0.2) is 42.0 Å². The molecule has 2 aromatic carbocycles. The summed E-state index contributed by atoms with van der Waals surface area (Å²) in [5.41, 5.74) is 1.97. The maximum atomic E-state index is 13.1. The minimum atomic E-state index is -0.739. The zero-order valence-electron chi connectivity index (χ0n) is 20.0. The van der Waals surface area contributed by atoms with Crippen molar-refractivity contribution in [2.45, 2.75) is 46.3 Å². The van der Waals surface area contributed by atoms with Crippen LogP contribution in [0, 0.1) is 6.92 Å². The molecule has 3 rings (SSSR count). The molecule has 2 aromatic rings. The van der Waals surface area contributed by atoms with Gasteiger partial charge >= 0.3 is 0 Å². The summed E-state index contributed by atoms with van der Waals surface area (Å²) in [4.78, 5) is 27.5. The molecule has 33 heavy (non-hydrogen) atoms. The van der Waals surface area contributed by atoms with Crippen molar-refractivity contribution in [3.05, 3.63) is 58.7 Å². The van der Waals surface area contributed by atoms with Gasteiger partial charge in [0.15, 0.2) is 11.5 Å². The predicted octanol–water partition coefficient (Wildman–Crippen LogP) is 4.63. The van der Waals surface area contributed by atoms with Gasteiger partial charge in [-0.25, -0.2) is 0 Å². The molecule has 7 heteroatoms. The molecule has 1 unspecified atom stereocenters. The molecule has 1 N–H and O–H groups in total. The highest BCUT2D eigenvalue weighted by Gasteiger charge is 2.45. The molecule has 0 radical (unpaired) electrons. The summed E-state index contributed by atoms with van der Waals surface area (Å²) in [7, 11) is 3.06. The maximum absolute atomic E-state index is 13.1. The molecule has 0 saturated carbocycles. The number of hydrogen-bond donors (Lipinski definition) is 1.